The van der Waals surface area contributed by atoms with Gasteiger partial charge in [0.2, 0.25) is 5.91 Å². The number of nitrogens with one attached hydrogen (secondary N) is 3. The molecular formula is C25H24FN3O. The SMILES string of the molecule is Cc1[nH]c2ccc(F)cc2c1CC(=O)Nc1ccc(NC(C)c2ccccc2)cc1. The van der Waals surface area contributed by atoms with Gasteiger partial charge in [0, 0.05) is 34.0 Å². The lowest BCUT2D eigenvalue weighted by Crippen LogP contribution is -2.15. The van der Waals surface area contributed by atoms with Crippen molar-refractivity contribution in [2.24, 2.45) is 0 Å². The van der Waals surface area contributed by atoms with Crippen LogP contribution < -0.4 is 10.6 Å². The van der Waals surface area contributed by atoms with Gasteiger partial charge in [-0.1, -0.05) is 30.3 Å². The number of H-pyrrole nitrogens is 1. The zero-order valence-electron chi connectivity index (χ0n) is 17.0. The fourth-order valence-corrected chi connectivity index (χ4v) is 3.67. The van der Waals surface area contributed by atoms with E-state index in [0.29, 0.717) is 0 Å². The zero-order chi connectivity index (χ0) is 21.1. The number of rotatable bonds is 6. The highest BCUT2D eigenvalue weighted by Gasteiger charge is 2.13. The first-order chi connectivity index (χ1) is 14.5. The molecule has 1 atom stereocenters. The quantitative estimate of drug-likeness (QED) is 0.373. The lowest BCUT2D eigenvalue weighted by atomic mass is 10.1. The van der Waals surface area contributed by atoms with Crippen molar-refractivity contribution in [3.05, 3.63) is 95.4 Å². The zero-order valence-corrected chi connectivity index (χ0v) is 17.0. The maximum absolute atomic E-state index is 13.6. The van der Waals surface area contributed by atoms with Crippen LogP contribution >= 0.6 is 0 Å². The van der Waals surface area contributed by atoms with E-state index in [1.54, 1.807) is 6.07 Å². The Morgan fingerprint density at radius 2 is 1.70 bits per heavy atom. The van der Waals surface area contributed by atoms with Gasteiger partial charge >= 0.3 is 0 Å². The number of fused-ring (bicyclic) bond motifs is 1. The Labute approximate surface area is 175 Å². The number of anilines is 2. The van der Waals surface area contributed by atoms with Crippen LogP contribution in [0.1, 0.15) is 29.8 Å². The van der Waals surface area contributed by atoms with Crippen LogP contribution in [0.15, 0.2) is 72.8 Å². The van der Waals surface area contributed by atoms with Gasteiger partial charge in [-0.2, -0.15) is 0 Å². The number of aromatic nitrogens is 1. The second-order valence-corrected chi connectivity index (χ2v) is 7.50. The first kappa shape index (κ1) is 19.7. The summed E-state index contributed by atoms with van der Waals surface area (Å²) in [6, 6.07) is 22.6. The summed E-state index contributed by atoms with van der Waals surface area (Å²) in [5, 5.41) is 7.13. The monoisotopic (exact) mass is 401 g/mol. The predicted octanol–water partition coefficient (Wildman–Crippen LogP) is 5.97. The van der Waals surface area contributed by atoms with Gasteiger partial charge < -0.3 is 15.6 Å². The van der Waals surface area contributed by atoms with E-state index < -0.39 is 0 Å². The molecule has 0 saturated carbocycles. The van der Waals surface area contributed by atoms with Crippen molar-refractivity contribution in [1.82, 2.24) is 4.98 Å². The Kier molecular flexibility index (Phi) is 5.53. The van der Waals surface area contributed by atoms with E-state index >= 15 is 0 Å². The van der Waals surface area contributed by atoms with Crippen molar-refractivity contribution in [2.75, 3.05) is 10.6 Å². The first-order valence-electron chi connectivity index (χ1n) is 9.97. The van der Waals surface area contributed by atoms with Gasteiger partial charge in [0.1, 0.15) is 5.82 Å². The van der Waals surface area contributed by atoms with Crippen LogP contribution in [0.5, 0.6) is 0 Å². The summed E-state index contributed by atoms with van der Waals surface area (Å²) in [6.45, 7) is 4.01. The molecule has 1 amide bonds. The number of hydrogen-bond donors (Lipinski definition) is 3. The van der Waals surface area contributed by atoms with E-state index in [-0.39, 0.29) is 24.2 Å². The molecule has 1 aromatic heterocycles. The van der Waals surface area contributed by atoms with Crippen LogP contribution in [0.4, 0.5) is 15.8 Å². The van der Waals surface area contributed by atoms with Crippen molar-refractivity contribution in [3.63, 3.8) is 0 Å². The summed E-state index contributed by atoms with van der Waals surface area (Å²) >= 11 is 0. The first-order valence-corrected chi connectivity index (χ1v) is 9.97. The Morgan fingerprint density at radius 1 is 1.00 bits per heavy atom. The molecular weight excluding hydrogens is 377 g/mol. The molecule has 0 spiro atoms. The highest BCUT2D eigenvalue weighted by atomic mass is 19.1. The predicted molar refractivity (Wildman–Crippen MR) is 120 cm³/mol. The maximum Gasteiger partial charge on any atom is 0.228 e. The standard InChI is InChI=1S/C25H24FN3O/c1-16(18-6-4-3-5-7-18)27-20-9-11-21(12-10-20)29-25(30)15-22-17(2)28-24-13-8-19(26)14-23(22)24/h3-14,16,27-28H,15H2,1-2H3,(H,29,30). The van der Waals surface area contributed by atoms with E-state index in [1.807, 2.05) is 49.4 Å². The Hall–Kier alpha value is -3.60. The van der Waals surface area contributed by atoms with E-state index in [4.69, 9.17) is 0 Å². The number of benzene rings is 3. The molecule has 0 fully saturated rings. The summed E-state index contributed by atoms with van der Waals surface area (Å²) in [4.78, 5) is 15.8. The normalized spacial score (nSPS) is 12.0. The van der Waals surface area contributed by atoms with Gasteiger partial charge in [0.05, 0.1) is 6.42 Å². The molecule has 0 bridgehead atoms. The minimum atomic E-state index is -0.309. The maximum atomic E-state index is 13.6. The minimum absolute atomic E-state index is 0.137. The Morgan fingerprint density at radius 3 is 2.43 bits per heavy atom. The molecule has 0 saturated heterocycles. The topological polar surface area (TPSA) is 56.9 Å². The summed E-state index contributed by atoms with van der Waals surface area (Å²) in [7, 11) is 0. The highest BCUT2D eigenvalue weighted by molar-refractivity contribution is 5.96. The molecule has 3 N–H and O–H groups in total. The van der Waals surface area contributed by atoms with Crippen molar-refractivity contribution < 1.29 is 9.18 Å². The third-order valence-electron chi connectivity index (χ3n) is 5.27. The molecule has 0 aliphatic rings. The van der Waals surface area contributed by atoms with Crippen molar-refractivity contribution in [2.45, 2.75) is 26.3 Å². The molecule has 5 heteroatoms. The molecule has 3 aromatic carbocycles. The summed E-state index contributed by atoms with van der Waals surface area (Å²) in [6.07, 6.45) is 0.181. The van der Waals surface area contributed by atoms with Crippen LogP contribution in [-0.2, 0) is 11.2 Å². The minimum Gasteiger partial charge on any atom is -0.379 e. The molecule has 30 heavy (non-hydrogen) atoms. The van der Waals surface area contributed by atoms with Gasteiger partial charge in [0.15, 0.2) is 0 Å². The lowest BCUT2D eigenvalue weighted by molar-refractivity contribution is -0.115. The van der Waals surface area contributed by atoms with Crippen LogP contribution in [0.3, 0.4) is 0 Å². The van der Waals surface area contributed by atoms with Crippen LogP contribution in [0.25, 0.3) is 10.9 Å². The van der Waals surface area contributed by atoms with Gasteiger partial charge in [-0.15, -0.1) is 0 Å². The molecule has 4 nitrogen and oxygen atoms in total. The average molecular weight is 401 g/mol. The van der Waals surface area contributed by atoms with Gasteiger partial charge in [-0.3, -0.25) is 4.79 Å². The number of amides is 1. The molecule has 1 unspecified atom stereocenters. The van der Waals surface area contributed by atoms with E-state index in [9.17, 15) is 9.18 Å². The molecule has 0 aliphatic heterocycles. The summed E-state index contributed by atoms with van der Waals surface area (Å²) in [5.41, 5.74) is 5.44. The fraction of sp³-hybridized carbons (Fsp3) is 0.160. The molecule has 152 valence electrons. The lowest BCUT2D eigenvalue weighted by Gasteiger charge is -2.16. The van der Waals surface area contributed by atoms with Crippen LogP contribution in [0.2, 0.25) is 0 Å². The van der Waals surface area contributed by atoms with Crippen molar-refractivity contribution in [1.29, 1.82) is 0 Å². The largest absolute Gasteiger partial charge is 0.379 e. The number of aryl methyl sites for hydroxylation is 1. The number of aromatic amines is 1. The van der Waals surface area contributed by atoms with Gasteiger partial charge in [-0.25, -0.2) is 4.39 Å². The number of halogens is 1. The Bertz CT molecular complexity index is 1170. The van der Waals surface area contributed by atoms with Gasteiger partial charge in [-0.05, 0) is 67.4 Å². The average Bonchev–Trinajstić information content (AvgIpc) is 3.04. The Balaban J connectivity index is 1.41. The molecule has 0 aliphatic carbocycles. The summed E-state index contributed by atoms with van der Waals surface area (Å²) < 4.78 is 13.6. The summed E-state index contributed by atoms with van der Waals surface area (Å²) in [5.74, 6) is -0.447. The number of carbonyl (C=O) groups is 1. The second-order valence-electron chi connectivity index (χ2n) is 7.50. The fourth-order valence-electron chi connectivity index (χ4n) is 3.67. The number of carbonyl (C=O) groups excluding carboxylic acids is 1. The van der Waals surface area contributed by atoms with E-state index in [0.717, 1.165) is 33.5 Å². The molecule has 0 radical (unpaired) electrons. The highest BCUT2D eigenvalue weighted by Crippen LogP contribution is 2.24. The van der Waals surface area contributed by atoms with E-state index in [1.165, 1.54) is 17.7 Å². The van der Waals surface area contributed by atoms with Crippen molar-refractivity contribution >= 4 is 28.2 Å². The molecule has 1 heterocycles. The van der Waals surface area contributed by atoms with Crippen LogP contribution in [-0.4, -0.2) is 10.9 Å². The van der Waals surface area contributed by atoms with Gasteiger partial charge in [0.25, 0.3) is 0 Å². The smallest absolute Gasteiger partial charge is 0.228 e. The van der Waals surface area contributed by atoms with Crippen molar-refractivity contribution in [3.8, 4) is 0 Å². The molecule has 4 rings (SSSR count). The van der Waals surface area contributed by atoms with E-state index in [2.05, 4.69) is 34.7 Å². The second kappa shape index (κ2) is 8.41. The third-order valence-corrected chi connectivity index (χ3v) is 5.27. The number of hydrogen-bond acceptors (Lipinski definition) is 2. The van der Waals surface area contributed by atoms with Crippen LogP contribution in [0, 0.1) is 12.7 Å². The molecule has 4 aromatic rings. The third kappa shape index (κ3) is 4.35.